The average Bonchev–Trinajstić information content (AvgIpc) is 3.00. The molecule has 2 aliphatic heterocycles. The minimum absolute atomic E-state index is 0.0516. The summed E-state index contributed by atoms with van der Waals surface area (Å²) in [5.74, 6) is -1.12. The van der Waals surface area contributed by atoms with E-state index in [0.29, 0.717) is 23.8 Å². The van der Waals surface area contributed by atoms with E-state index >= 15 is 0 Å². The van der Waals surface area contributed by atoms with Crippen molar-refractivity contribution in [3.63, 3.8) is 0 Å². The summed E-state index contributed by atoms with van der Waals surface area (Å²) in [4.78, 5) is 37.5. The predicted molar refractivity (Wildman–Crippen MR) is 98.2 cm³/mol. The van der Waals surface area contributed by atoms with Crippen LogP contribution in [-0.4, -0.2) is 52.1 Å². The van der Waals surface area contributed by atoms with Gasteiger partial charge >= 0.3 is 0 Å². The second kappa shape index (κ2) is 6.20. The molecule has 1 fully saturated rings. The zero-order valence-corrected chi connectivity index (χ0v) is 14.6. The lowest BCUT2D eigenvalue weighted by molar-refractivity contribution is -0.130. The van der Waals surface area contributed by atoms with E-state index in [-0.39, 0.29) is 19.7 Å². The first-order valence-corrected chi connectivity index (χ1v) is 8.65. The largest absolute Gasteiger partial charge is 0.396 e. The molecule has 5 N–H and O–H groups in total. The van der Waals surface area contributed by atoms with E-state index in [2.05, 4.69) is 9.97 Å². The summed E-state index contributed by atoms with van der Waals surface area (Å²) in [6.45, 7) is 0.445. The van der Waals surface area contributed by atoms with Crippen LogP contribution in [0.25, 0.3) is 0 Å². The van der Waals surface area contributed by atoms with Crippen molar-refractivity contribution >= 4 is 29.1 Å². The van der Waals surface area contributed by atoms with Crippen LogP contribution in [0.3, 0.4) is 0 Å². The average molecular weight is 368 g/mol. The molecule has 2 aliphatic rings. The van der Waals surface area contributed by atoms with Crippen molar-refractivity contribution in [1.29, 1.82) is 0 Å². The summed E-state index contributed by atoms with van der Waals surface area (Å²) in [6, 6.07) is 8.97. The number of hydrogen-bond acceptors (Lipinski definition) is 7. The molecule has 0 saturated carbocycles. The van der Waals surface area contributed by atoms with Crippen LogP contribution in [0.5, 0.6) is 0 Å². The first-order chi connectivity index (χ1) is 13.0. The number of fused-ring (bicyclic) bond motifs is 4. The Labute approximate surface area is 155 Å². The number of aliphatic hydroxyl groups is 1. The molecule has 0 aromatic carbocycles. The molecule has 2 atom stereocenters. The van der Waals surface area contributed by atoms with Crippen molar-refractivity contribution in [2.45, 2.75) is 12.0 Å². The molecule has 2 aromatic heterocycles. The fourth-order valence-corrected chi connectivity index (χ4v) is 4.07. The fourth-order valence-electron chi connectivity index (χ4n) is 4.07. The fraction of sp³-hybridized carbons (Fsp3) is 0.333. The Balaban J connectivity index is 1.99. The molecule has 1 saturated heterocycles. The number of nitrogens with zero attached hydrogens (tertiary/aromatic N) is 4. The van der Waals surface area contributed by atoms with E-state index in [1.54, 1.807) is 29.3 Å². The number of carbonyl (C=O) groups is 2. The summed E-state index contributed by atoms with van der Waals surface area (Å²) in [6.07, 6.45) is 1.97. The second-order valence-electron chi connectivity index (χ2n) is 6.77. The number of primary amides is 2. The first kappa shape index (κ1) is 17.2. The number of aromatic nitrogens is 2. The van der Waals surface area contributed by atoms with E-state index < -0.39 is 23.3 Å². The number of pyridine rings is 2. The highest BCUT2D eigenvalue weighted by Crippen LogP contribution is 2.50. The van der Waals surface area contributed by atoms with Crippen LogP contribution < -0.4 is 21.3 Å². The molecule has 9 nitrogen and oxygen atoms in total. The molecular formula is C18H20N6O3. The molecule has 4 heterocycles. The van der Waals surface area contributed by atoms with Gasteiger partial charge < -0.3 is 21.5 Å². The van der Waals surface area contributed by atoms with Gasteiger partial charge in [0.2, 0.25) is 11.8 Å². The molecule has 2 bridgehead atoms. The lowest BCUT2D eigenvalue weighted by Crippen LogP contribution is -2.65. The third-order valence-corrected chi connectivity index (χ3v) is 5.29. The molecule has 1 unspecified atom stereocenters. The van der Waals surface area contributed by atoms with Gasteiger partial charge in [0.05, 0.1) is 18.2 Å². The smallest absolute Gasteiger partial charge is 0.246 e. The number of hydrogen-bond donors (Lipinski definition) is 3. The van der Waals surface area contributed by atoms with E-state index in [0.717, 1.165) is 5.69 Å². The van der Waals surface area contributed by atoms with Crippen molar-refractivity contribution in [1.82, 2.24) is 9.97 Å². The monoisotopic (exact) mass is 368 g/mol. The third-order valence-electron chi connectivity index (χ3n) is 5.29. The predicted octanol–water partition coefficient (Wildman–Crippen LogP) is -0.691. The van der Waals surface area contributed by atoms with Crippen LogP contribution in [-0.2, 0) is 16.0 Å². The molecular weight excluding hydrogens is 348 g/mol. The number of amides is 2. The quantitative estimate of drug-likeness (QED) is 0.635. The molecule has 2 aromatic rings. The molecule has 0 spiro atoms. The summed E-state index contributed by atoms with van der Waals surface area (Å²) in [5.41, 5.74) is 11.5. The van der Waals surface area contributed by atoms with Gasteiger partial charge in [0, 0.05) is 31.5 Å². The Morgan fingerprint density at radius 2 is 2.07 bits per heavy atom. The van der Waals surface area contributed by atoms with Crippen LogP contribution in [0.4, 0.5) is 17.3 Å². The third kappa shape index (κ3) is 2.42. The Morgan fingerprint density at radius 1 is 1.26 bits per heavy atom. The zero-order chi connectivity index (χ0) is 19.2. The number of aliphatic hydroxyl groups excluding tert-OH is 1. The maximum Gasteiger partial charge on any atom is 0.246 e. The molecule has 4 rings (SSSR count). The van der Waals surface area contributed by atoms with Gasteiger partial charge in [-0.15, -0.1) is 0 Å². The summed E-state index contributed by atoms with van der Waals surface area (Å²) < 4.78 is 0. The zero-order valence-electron chi connectivity index (χ0n) is 14.6. The number of rotatable bonds is 5. The standard InChI is InChI=1S/C18H20N6O3/c19-15(26)12-9-23-10-18(12,17(20)27)24(14-3-1-2-7-21-14)16-13(23)5-4-11(22-16)6-8-25/h1-5,7,12,25H,6,8-10H2,(H2,19,26)(H2,20,27)/t12?,18-/m1/s1. The molecule has 0 aliphatic carbocycles. The SMILES string of the molecule is NC(=O)C1CN2C[C@@]1(C(N)=O)N(c1ccccn1)c1nc(CCO)ccc12. The van der Waals surface area contributed by atoms with Crippen LogP contribution in [0.1, 0.15) is 5.69 Å². The Morgan fingerprint density at radius 3 is 2.70 bits per heavy atom. The van der Waals surface area contributed by atoms with Crippen molar-refractivity contribution in [2.75, 3.05) is 29.5 Å². The van der Waals surface area contributed by atoms with Crippen molar-refractivity contribution < 1.29 is 14.7 Å². The van der Waals surface area contributed by atoms with Gasteiger partial charge in [-0.05, 0) is 24.3 Å². The van der Waals surface area contributed by atoms with Crippen LogP contribution in [0.2, 0.25) is 0 Å². The lowest BCUT2D eigenvalue weighted by atomic mass is 9.83. The van der Waals surface area contributed by atoms with Gasteiger partial charge in [0.1, 0.15) is 5.82 Å². The van der Waals surface area contributed by atoms with Crippen LogP contribution in [0, 0.1) is 5.92 Å². The van der Waals surface area contributed by atoms with Gasteiger partial charge in [-0.3, -0.25) is 14.5 Å². The summed E-state index contributed by atoms with van der Waals surface area (Å²) in [7, 11) is 0. The van der Waals surface area contributed by atoms with Crippen molar-refractivity contribution in [3.05, 3.63) is 42.2 Å². The second-order valence-corrected chi connectivity index (χ2v) is 6.77. The number of anilines is 3. The number of carbonyl (C=O) groups excluding carboxylic acids is 2. The van der Waals surface area contributed by atoms with Crippen LogP contribution in [0.15, 0.2) is 36.5 Å². The van der Waals surface area contributed by atoms with Crippen molar-refractivity contribution in [2.24, 2.45) is 17.4 Å². The summed E-state index contributed by atoms with van der Waals surface area (Å²) in [5, 5.41) is 9.27. The Hall–Kier alpha value is -3.20. The Bertz CT molecular complexity index is 905. The summed E-state index contributed by atoms with van der Waals surface area (Å²) >= 11 is 0. The highest BCUT2D eigenvalue weighted by Gasteiger charge is 2.62. The normalized spacial score (nSPS) is 23.2. The topological polar surface area (TPSA) is 139 Å². The highest BCUT2D eigenvalue weighted by molar-refractivity contribution is 6.02. The van der Waals surface area contributed by atoms with Gasteiger partial charge in [0.15, 0.2) is 11.4 Å². The van der Waals surface area contributed by atoms with Gasteiger partial charge in [-0.2, -0.15) is 0 Å². The van der Waals surface area contributed by atoms with E-state index in [1.165, 1.54) is 0 Å². The maximum absolute atomic E-state index is 12.7. The lowest BCUT2D eigenvalue weighted by Gasteiger charge is -2.44. The van der Waals surface area contributed by atoms with Gasteiger partial charge in [0.25, 0.3) is 0 Å². The molecule has 9 heteroatoms. The molecule has 0 radical (unpaired) electrons. The van der Waals surface area contributed by atoms with Gasteiger partial charge in [-0.25, -0.2) is 9.97 Å². The molecule has 140 valence electrons. The minimum Gasteiger partial charge on any atom is -0.396 e. The van der Waals surface area contributed by atoms with Crippen LogP contribution >= 0.6 is 0 Å². The molecule has 27 heavy (non-hydrogen) atoms. The van der Waals surface area contributed by atoms with Gasteiger partial charge in [-0.1, -0.05) is 6.07 Å². The highest BCUT2D eigenvalue weighted by atomic mass is 16.3. The van der Waals surface area contributed by atoms with Crippen molar-refractivity contribution in [3.8, 4) is 0 Å². The molecule has 2 amide bonds. The van der Waals surface area contributed by atoms with E-state index in [4.69, 9.17) is 11.5 Å². The number of nitrogens with two attached hydrogens (primary N) is 2. The van der Waals surface area contributed by atoms with E-state index in [9.17, 15) is 14.7 Å². The maximum atomic E-state index is 12.7. The minimum atomic E-state index is -1.38. The van der Waals surface area contributed by atoms with E-state index in [1.807, 2.05) is 17.0 Å². The Kier molecular flexibility index (Phi) is 3.96. The first-order valence-electron chi connectivity index (χ1n) is 8.65.